The lowest BCUT2D eigenvalue weighted by molar-refractivity contribution is -0.139. The zero-order valence-electron chi connectivity index (χ0n) is 9.88. The summed E-state index contributed by atoms with van der Waals surface area (Å²) in [5.74, 6) is -0.276. The van der Waals surface area contributed by atoms with Gasteiger partial charge in [-0.3, -0.25) is 9.59 Å². The monoisotopic (exact) mass is 260 g/mol. The van der Waals surface area contributed by atoms with Crippen LogP contribution in [0.3, 0.4) is 0 Å². The molecule has 3 nitrogen and oxygen atoms in total. The highest BCUT2D eigenvalue weighted by Crippen LogP contribution is 2.15. The summed E-state index contributed by atoms with van der Waals surface area (Å²) < 4.78 is 4.59. The molecule has 2 rings (SSSR count). The molecule has 0 unspecified atom stereocenters. The lowest BCUT2D eigenvalue weighted by Gasteiger charge is -2.02. The first-order chi connectivity index (χ1) is 8.70. The predicted molar refractivity (Wildman–Crippen MR) is 69.9 cm³/mol. The maximum Gasteiger partial charge on any atom is 0.309 e. The van der Waals surface area contributed by atoms with Gasteiger partial charge in [0.1, 0.15) is 0 Å². The van der Waals surface area contributed by atoms with Crippen LogP contribution < -0.4 is 0 Å². The van der Waals surface area contributed by atoms with Crippen molar-refractivity contribution in [2.45, 2.75) is 6.42 Å². The number of thiophene rings is 1. The van der Waals surface area contributed by atoms with Gasteiger partial charge in [-0.05, 0) is 17.0 Å². The van der Waals surface area contributed by atoms with E-state index in [0.29, 0.717) is 5.56 Å². The third-order valence-electron chi connectivity index (χ3n) is 2.54. The zero-order chi connectivity index (χ0) is 13.0. The van der Waals surface area contributed by atoms with E-state index >= 15 is 0 Å². The molecular formula is C14H12O3S. The van der Waals surface area contributed by atoms with Gasteiger partial charge in [-0.2, -0.15) is 0 Å². The van der Waals surface area contributed by atoms with Crippen LogP contribution in [0.15, 0.2) is 41.8 Å². The Balaban J connectivity index is 2.13. The molecule has 1 aromatic carbocycles. The smallest absolute Gasteiger partial charge is 0.309 e. The van der Waals surface area contributed by atoms with Gasteiger partial charge in [0.05, 0.1) is 18.4 Å². The molecule has 4 heteroatoms. The molecule has 0 atom stereocenters. The molecule has 0 aliphatic carbocycles. The Hall–Kier alpha value is -1.94. The van der Waals surface area contributed by atoms with Crippen LogP contribution in [0.1, 0.15) is 20.8 Å². The summed E-state index contributed by atoms with van der Waals surface area (Å²) in [4.78, 5) is 23.8. The Morgan fingerprint density at radius 3 is 2.44 bits per heavy atom. The maximum absolute atomic E-state index is 12.0. The minimum Gasteiger partial charge on any atom is -0.469 e. The first-order valence-electron chi connectivity index (χ1n) is 5.44. The lowest BCUT2D eigenvalue weighted by Crippen LogP contribution is -2.05. The van der Waals surface area contributed by atoms with Crippen LogP contribution in [0.25, 0.3) is 0 Å². The van der Waals surface area contributed by atoms with Gasteiger partial charge in [0.2, 0.25) is 5.78 Å². The van der Waals surface area contributed by atoms with E-state index in [1.807, 2.05) is 11.4 Å². The Kier molecular flexibility index (Phi) is 3.89. The molecule has 0 aliphatic heterocycles. The van der Waals surface area contributed by atoms with Gasteiger partial charge in [-0.25, -0.2) is 0 Å². The highest BCUT2D eigenvalue weighted by Gasteiger charge is 2.10. The summed E-state index contributed by atoms with van der Waals surface area (Å²) >= 11 is 1.42. The second-order valence-electron chi connectivity index (χ2n) is 3.76. The summed E-state index contributed by atoms with van der Waals surface area (Å²) in [5, 5.41) is 1.87. The molecule has 1 aromatic heterocycles. The minimum absolute atomic E-state index is 0.00891. The van der Waals surface area contributed by atoms with Gasteiger partial charge in [-0.15, -0.1) is 11.3 Å². The molecule has 2 aromatic rings. The van der Waals surface area contributed by atoms with E-state index in [9.17, 15) is 9.59 Å². The highest BCUT2D eigenvalue weighted by molar-refractivity contribution is 7.12. The quantitative estimate of drug-likeness (QED) is 0.627. The van der Waals surface area contributed by atoms with Crippen LogP contribution in [0, 0.1) is 0 Å². The number of ketones is 1. The van der Waals surface area contributed by atoms with Gasteiger partial charge in [0.25, 0.3) is 0 Å². The summed E-state index contributed by atoms with van der Waals surface area (Å²) in [6, 6.07) is 10.7. The van der Waals surface area contributed by atoms with E-state index in [1.54, 1.807) is 30.3 Å². The van der Waals surface area contributed by atoms with Crippen LogP contribution in [-0.4, -0.2) is 18.9 Å². The van der Waals surface area contributed by atoms with Gasteiger partial charge >= 0.3 is 5.97 Å². The molecule has 0 amide bonds. The number of benzene rings is 1. The largest absolute Gasteiger partial charge is 0.469 e. The van der Waals surface area contributed by atoms with Crippen LogP contribution in [0.4, 0.5) is 0 Å². The Labute approximate surface area is 109 Å². The minimum atomic E-state index is -0.285. The van der Waals surface area contributed by atoms with Crippen molar-refractivity contribution in [3.8, 4) is 0 Å². The van der Waals surface area contributed by atoms with Gasteiger partial charge in [0, 0.05) is 5.56 Å². The third kappa shape index (κ3) is 2.84. The van der Waals surface area contributed by atoms with Crippen LogP contribution in [-0.2, 0) is 16.0 Å². The zero-order valence-corrected chi connectivity index (χ0v) is 10.7. The fraction of sp³-hybridized carbons (Fsp3) is 0.143. The number of hydrogen-bond donors (Lipinski definition) is 0. The van der Waals surface area contributed by atoms with E-state index < -0.39 is 0 Å². The molecule has 0 fully saturated rings. The van der Waals surface area contributed by atoms with Crippen molar-refractivity contribution in [2.75, 3.05) is 7.11 Å². The number of esters is 1. The molecule has 0 N–H and O–H groups in total. The molecule has 92 valence electrons. The van der Waals surface area contributed by atoms with Crippen LogP contribution in [0.5, 0.6) is 0 Å². The normalized spacial score (nSPS) is 10.1. The Bertz CT molecular complexity index is 541. The van der Waals surface area contributed by atoms with Crippen LogP contribution >= 0.6 is 11.3 Å². The van der Waals surface area contributed by atoms with E-state index in [0.717, 1.165) is 10.4 Å². The van der Waals surface area contributed by atoms with Crippen molar-refractivity contribution in [3.05, 3.63) is 57.8 Å². The summed E-state index contributed by atoms with van der Waals surface area (Å²) in [6.45, 7) is 0. The summed E-state index contributed by atoms with van der Waals surface area (Å²) in [5.41, 5.74) is 1.47. The van der Waals surface area contributed by atoms with Crippen molar-refractivity contribution in [3.63, 3.8) is 0 Å². The first kappa shape index (κ1) is 12.5. The van der Waals surface area contributed by atoms with Crippen LogP contribution in [0.2, 0.25) is 0 Å². The highest BCUT2D eigenvalue weighted by atomic mass is 32.1. The number of carbonyl (C=O) groups is 2. The predicted octanol–water partition coefficient (Wildman–Crippen LogP) is 2.69. The van der Waals surface area contributed by atoms with Crippen molar-refractivity contribution in [1.82, 2.24) is 0 Å². The van der Waals surface area contributed by atoms with E-state index in [2.05, 4.69) is 4.74 Å². The molecular weight excluding hydrogens is 248 g/mol. The lowest BCUT2D eigenvalue weighted by atomic mass is 10.1. The molecule has 0 radical (unpaired) electrons. The van der Waals surface area contributed by atoms with Crippen molar-refractivity contribution < 1.29 is 14.3 Å². The fourth-order valence-electron chi connectivity index (χ4n) is 1.56. The Morgan fingerprint density at radius 2 is 1.89 bits per heavy atom. The molecule has 0 saturated carbocycles. The SMILES string of the molecule is COC(=O)Cc1ccc(C(=O)c2cccs2)cc1. The number of rotatable bonds is 4. The van der Waals surface area contributed by atoms with E-state index in [-0.39, 0.29) is 18.2 Å². The molecule has 0 aliphatic rings. The fourth-order valence-corrected chi connectivity index (χ4v) is 2.25. The average Bonchev–Trinajstić information content (AvgIpc) is 2.92. The van der Waals surface area contributed by atoms with E-state index in [1.165, 1.54) is 18.4 Å². The topological polar surface area (TPSA) is 43.4 Å². The molecule has 0 bridgehead atoms. The second kappa shape index (κ2) is 5.60. The van der Waals surface area contributed by atoms with Crippen molar-refractivity contribution >= 4 is 23.1 Å². The molecule has 1 heterocycles. The standard InChI is InChI=1S/C14H12O3S/c1-17-13(15)9-10-4-6-11(7-5-10)14(16)12-3-2-8-18-12/h2-8H,9H2,1H3. The van der Waals surface area contributed by atoms with E-state index in [4.69, 9.17) is 0 Å². The maximum atomic E-state index is 12.0. The average molecular weight is 260 g/mol. The van der Waals surface area contributed by atoms with Gasteiger partial charge in [0.15, 0.2) is 0 Å². The van der Waals surface area contributed by atoms with Crippen molar-refractivity contribution in [1.29, 1.82) is 0 Å². The number of carbonyl (C=O) groups excluding carboxylic acids is 2. The molecule has 18 heavy (non-hydrogen) atoms. The van der Waals surface area contributed by atoms with Gasteiger partial charge < -0.3 is 4.74 Å². The molecule has 0 spiro atoms. The third-order valence-corrected chi connectivity index (χ3v) is 3.41. The number of hydrogen-bond acceptors (Lipinski definition) is 4. The first-order valence-corrected chi connectivity index (χ1v) is 6.32. The summed E-state index contributed by atoms with van der Waals surface area (Å²) in [7, 11) is 1.36. The van der Waals surface area contributed by atoms with Crippen molar-refractivity contribution in [2.24, 2.45) is 0 Å². The number of ether oxygens (including phenoxy) is 1. The Morgan fingerprint density at radius 1 is 1.17 bits per heavy atom. The second-order valence-corrected chi connectivity index (χ2v) is 4.70. The van der Waals surface area contributed by atoms with Gasteiger partial charge in [-0.1, -0.05) is 30.3 Å². The molecule has 0 saturated heterocycles. The summed E-state index contributed by atoms with van der Waals surface area (Å²) in [6.07, 6.45) is 0.226. The number of methoxy groups -OCH3 is 1.